The third kappa shape index (κ3) is 2.98. The van der Waals surface area contributed by atoms with Gasteiger partial charge in [-0.2, -0.15) is 0 Å². The van der Waals surface area contributed by atoms with Crippen molar-refractivity contribution in [3.63, 3.8) is 0 Å². The van der Waals surface area contributed by atoms with Crippen LogP contribution in [0, 0.1) is 13.8 Å². The molecule has 0 radical (unpaired) electrons. The zero-order chi connectivity index (χ0) is 14.9. The highest BCUT2D eigenvalue weighted by Crippen LogP contribution is 2.30. The fourth-order valence-electron chi connectivity index (χ4n) is 1.86. The quantitative estimate of drug-likeness (QED) is 0.903. The van der Waals surface area contributed by atoms with E-state index in [0.717, 1.165) is 5.56 Å². The minimum Gasteiger partial charge on any atom is -0.391 e. The van der Waals surface area contributed by atoms with Crippen LogP contribution in [0.15, 0.2) is 28.5 Å². The lowest BCUT2D eigenvalue weighted by Gasteiger charge is -2.12. The molecule has 0 amide bonds. The molecule has 108 valence electrons. The zero-order valence-corrected chi connectivity index (χ0v) is 13.4. The van der Waals surface area contributed by atoms with Gasteiger partial charge in [-0.15, -0.1) is 11.3 Å². The van der Waals surface area contributed by atoms with Gasteiger partial charge in [0.15, 0.2) is 0 Å². The molecule has 0 fully saturated rings. The van der Waals surface area contributed by atoms with Crippen molar-refractivity contribution in [2.24, 2.45) is 0 Å². The Morgan fingerprint density at radius 3 is 2.65 bits per heavy atom. The van der Waals surface area contributed by atoms with Gasteiger partial charge in [0.1, 0.15) is 4.90 Å². The molecular formula is C13H14ClNO3S2. The number of thiophene rings is 1. The van der Waals surface area contributed by atoms with Crippen LogP contribution < -0.4 is 4.72 Å². The molecule has 0 atom stereocenters. The van der Waals surface area contributed by atoms with Gasteiger partial charge in [0, 0.05) is 5.02 Å². The molecule has 0 bridgehead atoms. The van der Waals surface area contributed by atoms with Crippen LogP contribution in [-0.2, 0) is 16.6 Å². The van der Waals surface area contributed by atoms with Crippen molar-refractivity contribution in [3.05, 3.63) is 44.6 Å². The molecule has 2 aromatic rings. The van der Waals surface area contributed by atoms with E-state index >= 15 is 0 Å². The molecule has 2 rings (SSSR count). The number of benzene rings is 1. The number of halogens is 1. The molecule has 0 spiro atoms. The van der Waals surface area contributed by atoms with Crippen LogP contribution in [0.4, 0.5) is 5.69 Å². The number of anilines is 1. The molecule has 4 nitrogen and oxygen atoms in total. The third-order valence-electron chi connectivity index (χ3n) is 2.85. The molecule has 0 aliphatic carbocycles. The Labute approximate surface area is 127 Å². The Morgan fingerprint density at radius 2 is 2.00 bits per heavy atom. The van der Waals surface area contributed by atoms with Crippen molar-refractivity contribution in [3.8, 4) is 0 Å². The minimum absolute atomic E-state index is 0.143. The molecule has 1 heterocycles. The van der Waals surface area contributed by atoms with Gasteiger partial charge in [0.2, 0.25) is 0 Å². The highest BCUT2D eigenvalue weighted by Gasteiger charge is 2.23. The van der Waals surface area contributed by atoms with E-state index < -0.39 is 10.0 Å². The fraction of sp³-hybridized carbons (Fsp3) is 0.231. The van der Waals surface area contributed by atoms with Crippen LogP contribution in [0.2, 0.25) is 5.02 Å². The molecule has 0 aliphatic rings. The van der Waals surface area contributed by atoms with Gasteiger partial charge in [-0.1, -0.05) is 17.7 Å². The smallest absolute Gasteiger partial charge is 0.263 e. The van der Waals surface area contributed by atoms with E-state index in [1.54, 1.807) is 37.4 Å². The van der Waals surface area contributed by atoms with Gasteiger partial charge in [-0.3, -0.25) is 4.72 Å². The number of rotatable bonds is 4. The molecular weight excluding hydrogens is 318 g/mol. The van der Waals surface area contributed by atoms with Crippen LogP contribution in [-0.4, -0.2) is 13.5 Å². The number of hydrogen-bond acceptors (Lipinski definition) is 4. The number of aliphatic hydroxyl groups is 1. The average molecular weight is 332 g/mol. The first kappa shape index (κ1) is 15.3. The number of aliphatic hydroxyl groups excluding tert-OH is 1. The summed E-state index contributed by atoms with van der Waals surface area (Å²) in [4.78, 5) is 0.569. The van der Waals surface area contributed by atoms with Crippen molar-refractivity contribution in [1.29, 1.82) is 0 Å². The van der Waals surface area contributed by atoms with Crippen LogP contribution in [0.25, 0.3) is 0 Å². The monoisotopic (exact) mass is 331 g/mol. The number of hydrogen-bond donors (Lipinski definition) is 2. The molecule has 20 heavy (non-hydrogen) atoms. The van der Waals surface area contributed by atoms with Crippen molar-refractivity contribution < 1.29 is 13.5 Å². The van der Waals surface area contributed by atoms with Crippen molar-refractivity contribution in [2.45, 2.75) is 25.3 Å². The van der Waals surface area contributed by atoms with Gasteiger partial charge in [-0.05, 0) is 42.5 Å². The van der Waals surface area contributed by atoms with Crippen molar-refractivity contribution in [2.75, 3.05) is 4.72 Å². The van der Waals surface area contributed by atoms with Crippen LogP contribution in [0.5, 0.6) is 0 Å². The second-order valence-electron chi connectivity index (χ2n) is 4.39. The maximum Gasteiger partial charge on any atom is 0.263 e. The van der Waals surface area contributed by atoms with E-state index in [9.17, 15) is 13.5 Å². The normalized spacial score (nSPS) is 11.6. The van der Waals surface area contributed by atoms with E-state index in [0.29, 0.717) is 21.2 Å². The Bertz CT molecular complexity index is 738. The van der Waals surface area contributed by atoms with E-state index in [2.05, 4.69) is 4.72 Å². The summed E-state index contributed by atoms with van der Waals surface area (Å²) in [5, 5.41) is 11.4. The summed E-state index contributed by atoms with van der Waals surface area (Å²) in [6.07, 6.45) is 0. The van der Waals surface area contributed by atoms with Crippen molar-refractivity contribution >= 4 is 38.6 Å². The largest absolute Gasteiger partial charge is 0.391 e. The lowest BCUT2D eigenvalue weighted by molar-refractivity contribution is 0.282. The summed E-state index contributed by atoms with van der Waals surface area (Å²) in [6, 6.07) is 5.01. The van der Waals surface area contributed by atoms with Crippen molar-refractivity contribution in [1.82, 2.24) is 0 Å². The van der Waals surface area contributed by atoms with E-state index in [4.69, 9.17) is 11.6 Å². The second-order valence-corrected chi connectivity index (χ2v) is 7.41. The minimum atomic E-state index is -3.74. The first-order valence-corrected chi connectivity index (χ1v) is 8.56. The van der Waals surface area contributed by atoms with Crippen LogP contribution in [0.3, 0.4) is 0 Å². The average Bonchev–Trinajstić information content (AvgIpc) is 2.75. The number of aryl methyl sites for hydroxylation is 2. The summed E-state index contributed by atoms with van der Waals surface area (Å²) in [5.74, 6) is 0. The van der Waals surface area contributed by atoms with Gasteiger partial charge < -0.3 is 5.11 Å². The Balaban J connectivity index is 2.46. The zero-order valence-electron chi connectivity index (χ0n) is 11.0. The summed E-state index contributed by atoms with van der Waals surface area (Å²) in [6.45, 7) is 3.19. The molecule has 1 aromatic heterocycles. The predicted octanol–water partition coefficient (Wildman–Crippen LogP) is 3.31. The lowest BCUT2D eigenvalue weighted by Crippen LogP contribution is -2.15. The topological polar surface area (TPSA) is 66.4 Å². The highest BCUT2D eigenvalue weighted by atomic mass is 35.5. The second kappa shape index (κ2) is 5.73. The molecule has 0 aliphatic heterocycles. The Morgan fingerprint density at radius 1 is 1.30 bits per heavy atom. The summed E-state index contributed by atoms with van der Waals surface area (Å²) >= 11 is 7.11. The SMILES string of the molecule is Cc1ccc(Cl)cc1NS(=O)(=O)c1c(C)csc1CO. The lowest BCUT2D eigenvalue weighted by atomic mass is 10.2. The van der Waals surface area contributed by atoms with Gasteiger partial charge in [0.25, 0.3) is 10.0 Å². The molecule has 1 aromatic carbocycles. The molecule has 2 N–H and O–H groups in total. The maximum atomic E-state index is 12.5. The Kier molecular flexibility index (Phi) is 4.39. The Hall–Kier alpha value is -1.08. The number of nitrogens with one attached hydrogen (secondary N) is 1. The van der Waals surface area contributed by atoms with E-state index in [-0.39, 0.29) is 11.5 Å². The summed E-state index contributed by atoms with van der Waals surface area (Å²) in [5.41, 5.74) is 1.83. The summed E-state index contributed by atoms with van der Waals surface area (Å²) in [7, 11) is -3.74. The van der Waals surface area contributed by atoms with Crippen LogP contribution >= 0.6 is 22.9 Å². The summed E-state index contributed by atoms with van der Waals surface area (Å²) < 4.78 is 27.5. The first-order valence-electron chi connectivity index (χ1n) is 5.82. The van der Waals surface area contributed by atoms with Crippen LogP contribution in [0.1, 0.15) is 16.0 Å². The van der Waals surface area contributed by atoms with Gasteiger partial charge in [0.05, 0.1) is 17.2 Å². The maximum absolute atomic E-state index is 12.5. The van der Waals surface area contributed by atoms with Gasteiger partial charge >= 0.3 is 0 Å². The molecule has 0 unspecified atom stereocenters. The third-order valence-corrected chi connectivity index (χ3v) is 5.89. The fourth-order valence-corrected chi connectivity index (χ4v) is 4.82. The van der Waals surface area contributed by atoms with Gasteiger partial charge in [-0.25, -0.2) is 8.42 Å². The highest BCUT2D eigenvalue weighted by molar-refractivity contribution is 7.93. The van der Waals surface area contributed by atoms with E-state index in [1.807, 2.05) is 0 Å². The number of sulfonamides is 1. The predicted molar refractivity (Wildman–Crippen MR) is 82.0 cm³/mol. The molecule has 7 heteroatoms. The first-order chi connectivity index (χ1) is 9.35. The standard InChI is InChI=1S/C13H14ClNO3S2/c1-8-3-4-10(14)5-11(8)15-20(17,18)13-9(2)7-19-12(13)6-16/h3-5,7,15-16H,6H2,1-2H3. The van der Waals surface area contributed by atoms with E-state index in [1.165, 1.54) is 11.3 Å². The molecule has 0 saturated carbocycles. The molecule has 0 saturated heterocycles.